The van der Waals surface area contributed by atoms with Crippen LogP contribution in [0.1, 0.15) is 34.8 Å². The Bertz CT molecular complexity index is 729. The number of hydrogen-bond donors (Lipinski definition) is 2. The Kier molecular flexibility index (Phi) is 5.16. The number of nitrogens with one attached hydrogen (secondary N) is 2. The molecule has 0 aliphatic heterocycles. The molecule has 0 saturated heterocycles. The average Bonchev–Trinajstić information content (AvgIpc) is 3.43. The van der Waals surface area contributed by atoms with Gasteiger partial charge in [-0.3, -0.25) is 9.59 Å². The van der Waals surface area contributed by atoms with Gasteiger partial charge in [-0.2, -0.15) is 0 Å². The van der Waals surface area contributed by atoms with Crippen molar-refractivity contribution in [2.24, 2.45) is 5.92 Å². The lowest BCUT2D eigenvalue weighted by molar-refractivity contribution is -0.121. The van der Waals surface area contributed by atoms with Gasteiger partial charge in [0.2, 0.25) is 5.91 Å². The minimum atomic E-state index is -0.349. The van der Waals surface area contributed by atoms with Crippen molar-refractivity contribution in [1.29, 1.82) is 0 Å². The van der Waals surface area contributed by atoms with Crippen molar-refractivity contribution >= 4 is 23.4 Å². The van der Waals surface area contributed by atoms with E-state index in [4.69, 9.17) is 11.6 Å². The van der Waals surface area contributed by atoms with Crippen LogP contribution in [0.4, 0.5) is 0 Å². The minimum Gasteiger partial charge on any atom is -0.347 e. The quantitative estimate of drug-likeness (QED) is 0.846. The third-order valence-corrected chi connectivity index (χ3v) is 4.43. The Morgan fingerprint density at radius 2 is 1.71 bits per heavy atom. The summed E-state index contributed by atoms with van der Waals surface area (Å²) < 4.78 is 0. The second kappa shape index (κ2) is 7.49. The summed E-state index contributed by atoms with van der Waals surface area (Å²) >= 11 is 5.99. The normalized spacial score (nSPS) is 14.7. The second-order valence-corrected chi connectivity index (χ2v) is 6.36. The van der Waals surface area contributed by atoms with Crippen LogP contribution in [-0.2, 0) is 4.79 Å². The van der Waals surface area contributed by atoms with Crippen LogP contribution in [0.2, 0.25) is 5.02 Å². The van der Waals surface area contributed by atoms with E-state index in [-0.39, 0.29) is 24.4 Å². The van der Waals surface area contributed by atoms with Gasteiger partial charge in [0, 0.05) is 0 Å². The van der Waals surface area contributed by atoms with Gasteiger partial charge in [0.15, 0.2) is 0 Å². The molecule has 2 aromatic rings. The van der Waals surface area contributed by atoms with Crippen LogP contribution in [0.5, 0.6) is 0 Å². The van der Waals surface area contributed by atoms with Gasteiger partial charge < -0.3 is 10.6 Å². The van der Waals surface area contributed by atoms with Gasteiger partial charge in [0.05, 0.1) is 23.2 Å². The number of carbonyl (C=O) groups is 2. The number of carbonyl (C=O) groups excluding carboxylic acids is 2. The first kappa shape index (κ1) is 16.5. The number of benzene rings is 2. The summed E-state index contributed by atoms with van der Waals surface area (Å²) in [6, 6.07) is 16.7. The summed E-state index contributed by atoms with van der Waals surface area (Å²) in [5.41, 5.74) is 1.47. The Balaban J connectivity index is 1.57. The van der Waals surface area contributed by atoms with Crippen LogP contribution in [-0.4, -0.2) is 18.4 Å². The fraction of sp³-hybridized carbons (Fsp3) is 0.263. The van der Waals surface area contributed by atoms with Gasteiger partial charge in [-0.05, 0) is 36.5 Å². The van der Waals surface area contributed by atoms with Gasteiger partial charge >= 0.3 is 0 Å². The smallest absolute Gasteiger partial charge is 0.253 e. The van der Waals surface area contributed by atoms with Crippen molar-refractivity contribution in [2.75, 3.05) is 6.54 Å². The lowest BCUT2D eigenvalue weighted by Gasteiger charge is -2.19. The third kappa shape index (κ3) is 4.15. The first-order valence-corrected chi connectivity index (χ1v) is 8.40. The van der Waals surface area contributed by atoms with Gasteiger partial charge in [-0.15, -0.1) is 0 Å². The van der Waals surface area contributed by atoms with Crippen LogP contribution in [0.15, 0.2) is 54.6 Å². The van der Waals surface area contributed by atoms with E-state index in [1.54, 1.807) is 24.3 Å². The highest BCUT2D eigenvalue weighted by molar-refractivity contribution is 6.33. The molecule has 24 heavy (non-hydrogen) atoms. The molecule has 3 rings (SSSR count). The molecular weight excluding hydrogens is 324 g/mol. The molecular formula is C19H19ClN2O2. The fourth-order valence-electron chi connectivity index (χ4n) is 2.69. The molecule has 1 aliphatic carbocycles. The maximum atomic E-state index is 12.2. The van der Waals surface area contributed by atoms with Crippen LogP contribution in [0, 0.1) is 5.92 Å². The third-order valence-electron chi connectivity index (χ3n) is 4.10. The molecule has 5 heteroatoms. The lowest BCUT2D eigenvalue weighted by atomic mass is 10.0. The molecule has 0 spiro atoms. The van der Waals surface area contributed by atoms with E-state index in [1.165, 1.54) is 0 Å². The lowest BCUT2D eigenvalue weighted by Crippen LogP contribution is -2.39. The van der Waals surface area contributed by atoms with Gasteiger partial charge in [-0.1, -0.05) is 54.1 Å². The molecule has 1 aliphatic rings. The summed E-state index contributed by atoms with van der Waals surface area (Å²) in [6.45, 7) is -0.0693. The number of amides is 2. The summed E-state index contributed by atoms with van der Waals surface area (Å²) in [5.74, 6) is -0.0646. The molecule has 2 N–H and O–H groups in total. The number of rotatable bonds is 6. The van der Waals surface area contributed by atoms with Crippen molar-refractivity contribution in [2.45, 2.75) is 18.9 Å². The molecule has 124 valence electrons. The first-order valence-electron chi connectivity index (χ1n) is 8.02. The van der Waals surface area contributed by atoms with E-state index >= 15 is 0 Å². The predicted molar refractivity (Wildman–Crippen MR) is 93.8 cm³/mol. The molecule has 0 radical (unpaired) electrons. The van der Waals surface area contributed by atoms with E-state index in [0.29, 0.717) is 16.5 Å². The molecule has 0 aromatic heterocycles. The van der Waals surface area contributed by atoms with Gasteiger partial charge in [-0.25, -0.2) is 0 Å². The largest absolute Gasteiger partial charge is 0.347 e. The summed E-state index contributed by atoms with van der Waals surface area (Å²) in [5, 5.41) is 6.02. The van der Waals surface area contributed by atoms with E-state index in [9.17, 15) is 9.59 Å². The summed E-state index contributed by atoms with van der Waals surface area (Å²) in [4.78, 5) is 24.3. The minimum absolute atomic E-state index is 0.0101. The van der Waals surface area contributed by atoms with Crippen LogP contribution in [0.25, 0.3) is 0 Å². The molecule has 2 amide bonds. The van der Waals surface area contributed by atoms with Crippen molar-refractivity contribution in [3.05, 3.63) is 70.7 Å². The summed E-state index contributed by atoms with van der Waals surface area (Å²) in [6.07, 6.45) is 2.23. The molecule has 4 nitrogen and oxygen atoms in total. The van der Waals surface area contributed by atoms with Crippen LogP contribution < -0.4 is 10.6 Å². The maximum Gasteiger partial charge on any atom is 0.253 e. The van der Waals surface area contributed by atoms with Crippen molar-refractivity contribution in [3.63, 3.8) is 0 Å². The van der Waals surface area contributed by atoms with E-state index in [2.05, 4.69) is 10.6 Å². The zero-order chi connectivity index (χ0) is 16.9. The van der Waals surface area contributed by atoms with Gasteiger partial charge in [0.1, 0.15) is 0 Å². The van der Waals surface area contributed by atoms with E-state index < -0.39 is 0 Å². The predicted octanol–water partition coefficient (Wildman–Crippen LogP) is 3.34. The maximum absolute atomic E-state index is 12.2. The Hall–Kier alpha value is -2.33. The molecule has 1 unspecified atom stereocenters. The molecule has 0 heterocycles. The Labute approximate surface area is 146 Å². The van der Waals surface area contributed by atoms with Crippen LogP contribution in [0.3, 0.4) is 0 Å². The van der Waals surface area contributed by atoms with Crippen molar-refractivity contribution < 1.29 is 9.59 Å². The number of hydrogen-bond acceptors (Lipinski definition) is 2. The fourth-order valence-corrected chi connectivity index (χ4v) is 2.91. The summed E-state index contributed by atoms with van der Waals surface area (Å²) in [7, 11) is 0. The molecule has 0 bridgehead atoms. The van der Waals surface area contributed by atoms with Gasteiger partial charge in [0.25, 0.3) is 5.91 Å². The monoisotopic (exact) mass is 342 g/mol. The molecule has 1 fully saturated rings. The second-order valence-electron chi connectivity index (χ2n) is 5.96. The van der Waals surface area contributed by atoms with Crippen LogP contribution >= 0.6 is 11.6 Å². The van der Waals surface area contributed by atoms with E-state index in [1.807, 2.05) is 30.3 Å². The van der Waals surface area contributed by atoms with E-state index in [0.717, 1.165) is 18.4 Å². The van der Waals surface area contributed by atoms with Crippen molar-refractivity contribution in [3.8, 4) is 0 Å². The molecule has 1 atom stereocenters. The Morgan fingerprint density at radius 1 is 1.04 bits per heavy atom. The van der Waals surface area contributed by atoms with Crippen molar-refractivity contribution in [1.82, 2.24) is 10.6 Å². The standard InChI is InChI=1S/C19H19ClN2O2/c20-16-9-5-4-8-15(16)19(24)21-12-17(23)22-18(14-10-11-14)13-6-2-1-3-7-13/h1-9,14,18H,10-12H2,(H,21,24)(H,22,23). The molecule has 2 aromatic carbocycles. The Morgan fingerprint density at radius 3 is 2.38 bits per heavy atom. The highest BCUT2D eigenvalue weighted by atomic mass is 35.5. The SMILES string of the molecule is O=C(CNC(=O)c1ccccc1Cl)NC(c1ccccc1)C1CC1. The average molecular weight is 343 g/mol. The topological polar surface area (TPSA) is 58.2 Å². The highest BCUT2D eigenvalue weighted by Gasteiger charge is 2.33. The molecule has 1 saturated carbocycles. The first-order chi connectivity index (χ1) is 11.6. The zero-order valence-corrected chi connectivity index (χ0v) is 13.9. The number of halogens is 1. The highest BCUT2D eigenvalue weighted by Crippen LogP contribution is 2.40. The zero-order valence-electron chi connectivity index (χ0n) is 13.2.